The van der Waals surface area contributed by atoms with Gasteiger partial charge in [-0.1, -0.05) is 0 Å². The highest BCUT2D eigenvalue weighted by atomic mass is 16.3. The number of Topliss-reactive ketones (excluding diaryl/α,β-unsaturated/α-hetero) is 1. The van der Waals surface area contributed by atoms with E-state index < -0.39 is 6.61 Å². The molecule has 0 unspecified atom stereocenters. The lowest BCUT2D eigenvalue weighted by atomic mass is 10.3. The zero-order chi connectivity index (χ0) is 9.82. The fourth-order valence-electron chi connectivity index (χ4n) is 0.256. The smallest absolute Gasteiger partial charge is 0.160 e. The van der Waals surface area contributed by atoms with Crippen LogP contribution in [0, 0.1) is 0 Å². The fourth-order valence-corrected chi connectivity index (χ4v) is 0.256. The summed E-state index contributed by atoms with van der Waals surface area (Å²) >= 11 is 0. The Bertz CT molecular complexity index is 112. The molecule has 12 heavy (non-hydrogen) atoms. The van der Waals surface area contributed by atoms with Crippen molar-refractivity contribution >= 4 is 12.1 Å². The van der Waals surface area contributed by atoms with E-state index in [1.165, 1.54) is 0 Å². The van der Waals surface area contributed by atoms with E-state index in [2.05, 4.69) is 0 Å². The molecule has 0 aliphatic carbocycles. The van der Waals surface area contributed by atoms with Crippen molar-refractivity contribution in [1.29, 1.82) is 0 Å². The molecule has 0 saturated carbocycles. The zero-order valence-corrected chi connectivity index (χ0v) is 6.77. The van der Waals surface area contributed by atoms with Crippen LogP contribution in [0.4, 0.5) is 0 Å². The Morgan fingerprint density at radius 2 is 1.75 bits per heavy atom. The Labute approximate surface area is 70.6 Å². The Kier molecular flexibility index (Phi) is 14.8. The van der Waals surface area contributed by atoms with Crippen molar-refractivity contribution in [2.45, 2.75) is 12.8 Å². The van der Waals surface area contributed by atoms with Crippen LogP contribution >= 0.6 is 0 Å². The zero-order valence-electron chi connectivity index (χ0n) is 6.77. The van der Waals surface area contributed by atoms with E-state index in [0.717, 1.165) is 0 Å². The lowest BCUT2D eigenvalue weighted by molar-refractivity contribution is -0.122. The van der Waals surface area contributed by atoms with Crippen LogP contribution in [0.5, 0.6) is 0 Å². The Morgan fingerprint density at radius 3 is 1.83 bits per heavy atom. The van der Waals surface area contributed by atoms with Crippen molar-refractivity contribution in [3.05, 3.63) is 0 Å². The molecule has 0 aromatic heterocycles. The quantitative estimate of drug-likeness (QED) is 0.445. The minimum Gasteiger partial charge on any atom is -0.396 e. The van der Waals surface area contributed by atoms with Crippen molar-refractivity contribution in [1.82, 2.24) is 0 Å². The van der Waals surface area contributed by atoms with Crippen LogP contribution in [0.2, 0.25) is 0 Å². The van der Waals surface area contributed by atoms with E-state index in [-0.39, 0.29) is 31.8 Å². The number of ketones is 1. The number of rotatable bonds is 5. The number of carbonyl (C=O) groups excluding carboxylic acids is 2. The number of hydrogen-bond acceptors (Lipinski definition) is 5. The summed E-state index contributed by atoms with van der Waals surface area (Å²) < 4.78 is 0. The Hall–Kier alpha value is -0.780. The van der Waals surface area contributed by atoms with Crippen LogP contribution in [-0.2, 0) is 9.59 Å². The van der Waals surface area contributed by atoms with E-state index in [0.29, 0.717) is 6.29 Å². The molecule has 0 fully saturated rings. The standard InChI is InChI=1S/C4H8O3.C3H6O2/c5-2-1-4(7)3-6;4-2-1-3-5/h5-6H,1-3H2;2,5H,1,3H2. The van der Waals surface area contributed by atoms with Crippen molar-refractivity contribution in [2.24, 2.45) is 0 Å². The van der Waals surface area contributed by atoms with E-state index in [1.807, 2.05) is 0 Å². The number of aliphatic hydroxyl groups is 3. The van der Waals surface area contributed by atoms with Gasteiger partial charge in [0.05, 0.1) is 6.61 Å². The fraction of sp³-hybridized carbons (Fsp3) is 0.714. The lowest BCUT2D eigenvalue weighted by Gasteiger charge is -1.86. The number of hydrogen-bond donors (Lipinski definition) is 3. The molecule has 0 amide bonds. The Balaban J connectivity index is 0. The summed E-state index contributed by atoms with van der Waals surface area (Å²) in [6, 6.07) is 0. The number of carbonyl (C=O) groups is 2. The van der Waals surface area contributed by atoms with Gasteiger partial charge in [-0.3, -0.25) is 4.79 Å². The van der Waals surface area contributed by atoms with Gasteiger partial charge in [-0.25, -0.2) is 0 Å². The molecule has 0 bridgehead atoms. The SMILES string of the molecule is O=C(CO)CCO.O=CCCO. The van der Waals surface area contributed by atoms with Gasteiger partial charge < -0.3 is 20.1 Å². The molecule has 0 rings (SSSR count). The third-order valence-electron chi connectivity index (χ3n) is 0.814. The Morgan fingerprint density at radius 1 is 1.17 bits per heavy atom. The van der Waals surface area contributed by atoms with Crippen LogP contribution in [0.15, 0.2) is 0 Å². The normalized spacial score (nSPS) is 8.25. The van der Waals surface area contributed by atoms with Gasteiger partial charge in [-0.05, 0) is 0 Å². The molecule has 0 aromatic rings. The maximum atomic E-state index is 10.0. The van der Waals surface area contributed by atoms with Gasteiger partial charge in [-0.2, -0.15) is 0 Å². The highest BCUT2D eigenvalue weighted by Crippen LogP contribution is 1.75. The molecule has 0 radical (unpaired) electrons. The molecule has 0 aliphatic rings. The van der Waals surface area contributed by atoms with Crippen molar-refractivity contribution < 1.29 is 24.9 Å². The third-order valence-corrected chi connectivity index (χ3v) is 0.814. The molecule has 5 nitrogen and oxygen atoms in total. The highest BCUT2D eigenvalue weighted by molar-refractivity contribution is 5.79. The van der Waals surface area contributed by atoms with Crippen LogP contribution in [0.25, 0.3) is 0 Å². The topological polar surface area (TPSA) is 94.8 Å². The summed E-state index contributed by atoms with van der Waals surface area (Å²) in [5.41, 5.74) is 0. The van der Waals surface area contributed by atoms with Crippen molar-refractivity contribution in [3.8, 4) is 0 Å². The lowest BCUT2D eigenvalue weighted by Crippen LogP contribution is -2.04. The number of aliphatic hydroxyl groups excluding tert-OH is 3. The highest BCUT2D eigenvalue weighted by Gasteiger charge is 1.93. The second-order valence-corrected chi connectivity index (χ2v) is 1.85. The molecule has 0 aromatic carbocycles. The molecule has 3 N–H and O–H groups in total. The van der Waals surface area contributed by atoms with Gasteiger partial charge in [-0.15, -0.1) is 0 Å². The van der Waals surface area contributed by atoms with Gasteiger partial charge >= 0.3 is 0 Å². The maximum absolute atomic E-state index is 10.0. The molecule has 0 atom stereocenters. The van der Waals surface area contributed by atoms with Crippen LogP contribution in [-0.4, -0.2) is 47.2 Å². The molecule has 5 heteroatoms. The van der Waals surface area contributed by atoms with E-state index in [9.17, 15) is 9.59 Å². The minimum atomic E-state index is -0.458. The molecule has 0 saturated heterocycles. The third kappa shape index (κ3) is 16.1. The number of aldehydes is 1. The summed E-state index contributed by atoms with van der Waals surface area (Å²) in [5.74, 6) is -0.317. The first-order valence-corrected chi connectivity index (χ1v) is 3.50. The molecule has 0 heterocycles. The first kappa shape index (κ1) is 13.8. The predicted molar refractivity (Wildman–Crippen MR) is 41.6 cm³/mol. The van der Waals surface area contributed by atoms with Gasteiger partial charge in [0.1, 0.15) is 12.9 Å². The molecule has 0 spiro atoms. The van der Waals surface area contributed by atoms with E-state index in [4.69, 9.17) is 15.3 Å². The van der Waals surface area contributed by atoms with Gasteiger partial charge in [0, 0.05) is 19.4 Å². The van der Waals surface area contributed by atoms with Gasteiger partial charge in [0.2, 0.25) is 0 Å². The molecular weight excluding hydrogens is 164 g/mol. The summed E-state index contributed by atoms with van der Waals surface area (Å²) in [4.78, 5) is 19.2. The summed E-state index contributed by atoms with van der Waals surface area (Å²) in [7, 11) is 0. The van der Waals surface area contributed by atoms with Gasteiger partial charge in [0.25, 0.3) is 0 Å². The van der Waals surface area contributed by atoms with E-state index in [1.54, 1.807) is 0 Å². The first-order valence-electron chi connectivity index (χ1n) is 3.50. The maximum Gasteiger partial charge on any atom is 0.160 e. The van der Waals surface area contributed by atoms with Crippen LogP contribution in [0.3, 0.4) is 0 Å². The first-order chi connectivity index (χ1) is 5.72. The summed E-state index contributed by atoms with van der Waals surface area (Å²) in [6.45, 7) is -0.649. The second kappa shape index (κ2) is 12.9. The van der Waals surface area contributed by atoms with Crippen molar-refractivity contribution in [2.75, 3.05) is 19.8 Å². The van der Waals surface area contributed by atoms with Crippen LogP contribution in [0.1, 0.15) is 12.8 Å². The monoisotopic (exact) mass is 178 g/mol. The molecule has 0 aliphatic heterocycles. The summed E-state index contributed by atoms with van der Waals surface area (Å²) in [6.07, 6.45) is 1.01. The molecule has 72 valence electrons. The largest absolute Gasteiger partial charge is 0.396 e. The molecular formula is C7H14O5. The average molecular weight is 178 g/mol. The minimum absolute atomic E-state index is 0.0243. The summed E-state index contributed by atoms with van der Waals surface area (Å²) in [5, 5.41) is 23.9. The predicted octanol–water partition coefficient (Wildman–Crippen LogP) is -1.50. The van der Waals surface area contributed by atoms with Gasteiger partial charge in [0.15, 0.2) is 5.78 Å². The van der Waals surface area contributed by atoms with Crippen molar-refractivity contribution in [3.63, 3.8) is 0 Å². The second-order valence-electron chi connectivity index (χ2n) is 1.85. The average Bonchev–Trinajstić information content (AvgIpc) is 2.07. The van der Waals surface area contributed by atoms with Crippen LogP contribution < -0.4 is 0 Å². The van der Waals surface area contributed by atoms with E-state index >= 15 is 0 Å².